The molecule has 1 aliphatic carbocycles. The maximum atomic E-state index is 5.59. The molecule has 0 amide bonds. The lowest BCUT2D eigenvalue weighted by Gasteiger charge is -2.48. The molecule has 3 rings (SSSR count). The number of nitrogens with zero attached hydrogens (tertiary/aromatic N) is 1. The Morgan fingerprint density at radius 2 is 1.62 bits per heavy atom. The highest BCUT2D eigenvalue weighted by Crippen LogP contribution is 2.34. The minimum Gasteiger partial charge on any atom is -0.381 e. The first kappa shape index (κ1) is 15.7. The fraction of sp³-hybridized carbons (Fsp3) is 1.00. The van der Waals surface area contributed by atoms with Crippen LogP contribution in [0.3, 0.4) is 0 Å². The largest absolute Gasteiger partial charge is 0.381 e. The fourth-order valence-corrected chi connectivity index (χ4v) is 4.29. The molecule has 21 heavy (non-hydrogen) atoms. The van der Waals surface area contributed by atoms with Crippen molar-refractivity contribution < 1.29 is 9.47 Å². The van der Waals surface area contributed by atoms with Crippen molar-refractivity contribution in [2.45, 2.75) is 62.9 Å². The maximum absolute atomic E-state index is 5.59. The first-order valence-corrected chi connectivity index (χ1v) is 9.03. The van der Waals surface area contributed by atoms with Gasteiger partial charge in [-0.25, -0.2) is 0 Å². The predicted molar refractivity (Wildman–Crippen MR) is 84.7 cm³/mol. The zero-order valence-corrected chi connectivity index (χ0v) is 13.4. The van der Waals surface area contributed by atoms with Gasteiger partial charge in [-0.05, 0) is 32.1 Å². The molecule has 2 heterocycles. The van der Waals surface area contributed by atoms with E-state index in [-0.39, 0.29) is 0 Å². The highest BCUT2D eigenvalue weighted by molar-refractivity contribution is 4.96. The lowest BCUT2D eigenvalue weighted by atomic mass is 9.79. The minimum atomic E-state index is 0.398. The second-order valence-electron chi connectivity index (χ2n) is 7.01. The van der Waals surface area contributed by atoms with Crippen LogP contribution in [0.4, 0.5) is 0 Å². The second kappa shape index (κ2) is 7.91. The van der Waals surface area contributed by atoms with Crippen molar-refractivity contribution in [1.82, 2.24) is 10.2 Å². The second-order valence-corrected chi connectivity index (χ2v) is 7.01. The molecule has 4 nitrogen and oxygen atoms in total. The van der Waals surface area contributed by atoms with E-state index in [1.165, 1.54) is 51.4 Å². The summed E-state index contributed by atoms with van der Waals surface area (Å²) in [7, 11) is 0. The normalized spacial score (nSPS) is 31.7. The van der Waals surface area contributed by atoms with Crippen LogP contribution in [0.25, 0.3) is 0 Å². The number of hydrogen-bond donors (Lipinski definition) is 1. The van der Waals surface area contributed by atoms with E-state index in [9.17, 15) is 0 Å². The number of hydrogen-bond acceptors (Lipinski definition) is 4. The average Bonchev–Trinajstić information content (AvgIpc) is 2.83. The van der Waals surface area contributed by atoms with Crippen LogP contribution in [-0.4, -0.2) is 62.5 Å². The Labute approximate surface area is 129 Å². The Bertz CT molecular complexity index is 291. The van der Waals surface area contributed by atoms with Gasteiger partial charge in [0.1, 0.15) is 0 Å². The summed E-state index contributed by atoms with van der Waals surface area (Å²) in [5.74, 6) is 0. The third-order valence-electron chi connectivity index (χ3n) is 5.64. The SMILES string of the molecule is C1CCC(CNC2CCCOCC2)(N2CCOCC2)CC1. The molecule has 3 aliphatic rings. The van der Waals surface area contributed by atoms with Crippen molar-refractivity contribution in [1.29, 1.82) is 0 Å². The number of rotatable bonds is 4. The average molecular weight is 296 g/mol. The Morgan fingerprint density at radius 1 is 0.857 bits per heavy atom. The van der Waals surface area contributed by atoms with Gasteiger partial charge >= 0.3 is 0 Å². The Kier molecular flexibility index (Phi) is 5.92. The molecule has 0 bridgehead atoms. The van der Waals surface area contributed by atoms with Crippen LogP contribution < -0.4 is 5.32 Å². The van der Waals surface area contributed by atoms with Crippen LogP contribution in [-0.2, 0) is 9.47 Å². The van der Waals surface area contributed by atoms with E-state index in [1.54, 1.807) is 0 Å². The smallest absolute Gasteiger partial charge is 0.0594 e. The molecular weight excluding hydrogens is 264 g/mol. The summed E-state index contributed by atoms with van der Waals surface area (Å²) in [6.07, 6.45) is 10.6. The van der Waals surface area contributed by atoms with E-state index in [2.05, 4.69) is 10.2 Å². The Morgan fingerprint density at radius 3 is 2.43 bits per heavy atom. The highest BCUT2D eigenvalue weighted by Gasteiger charge is 2.38. The molecule has 1 unspecified atom stereocenters. The number of ether oxygens (including phenoxy) is 2. The molecule has 1 N–H and O–H groups in total. The molecule has 2 aliphatic heterocycles. The van der Waals surface area contributed by atoms with Crippen molar-refractivity contribution in [2.75, 3.05) is 46.1 Å². The standard InChI is InChI=1S/C17H32N2O2/c1-2-7-17(8-3-1,19-9-13-21-14-10-19)15-18-16-5-4-11-20-12-6-16/h16,18H,1-15H2. The van der Waals surface area contributed by atoms with Gasteiger partial charge < -0.3 is 14.8 Å². The lowest BCUT2D eigenvalue weighted by molar-refractivity contribution is -0.0378. The van der Waals surface area contributed by atoms with Crippen LogP contribution in [0.5, 0.6) is 0 Å². The van der Waals surface area contributed by atoms with Gasteiger partial charge in [-0.2, -0.15) is 0 Å². The van der Waals surface area contributed by atoms with E-state index in [4.69, 9.17) is 9.47 Å². The van der Waals surface area contributed by atoms with Gasteiger partial charge in [-0.1, -0.05) is 19.3 Å². The zero-order chi connectivity index (χ0) is 14.4. The summed E-state index contributed by atoms with van der Waals surface area (Å²) < 4.78 is 11.2. The summed E-state index contributed by atoms with van der Waals surface area (Å²) in [6, 6.07) is 0.660. The monoisotopic (exact) mass is 296 g/mol. The molecule has 0 aromatic heterocycles. The predicted octanol–water partition coefficient (Wildman–Crippen LogP) is 2.18. The molecule has 3 fully saturated rings. The van der Waals surface area contributed by atoms with Crippen LogP contribution in [0, 0.1) is 0 Å². The number of morpholine rings is 1. The Hall–Kier alpha value is -0.160. The quantitative estimate of drug-likeness (QED) is 0.862. The molecule has 1 saturated carbocycles. The van der Waals surface area contributed by atoms with Gasteiger partial charge in [0.15, 0.2) is 0 Å². The summed E-state index contributed by atoms with van der Waals surface area (Å²) in [5, 5.41) is 3.91. The molecule has 2 saturated heterocycles. The van der Waals surface area contributed by atoms with Gasteiger partial charge in [0.2, 0.25) is 0 Å². The number of nitrogens with one attached hydrogen (secondary N) is 1. The van der Waals surface area contributed by atoms with E-state index in [0.29, 0.717) is 11.6 Å². The minimum absolute atomic E-state index is 0.398. The van der Waals surface area contributed by atoms with Gasteiger partial charge in [-0.15, -0.1) is 0 Å². The van der Waals surface area contributed by atoms with E-state index >= 15 is 0 Å². The van der Waals surface area contributed by atoms with Crippen molar-refractivity contribution in [3.8, 4) is 0 Å². The van der Waals surface area contributed by atoms with Crippen molar-refractivity contribution in [3.63, 3.8) is 0 Å². The maximum Gasteiger partial charge on any atom is 0.0594 e. The summed E-state index contributed by atoms with van der Waals surface area (Å²) >= 11 is 0. The highest BCUT2D eigenvalue weighted by atomic mass is 16.5. The van der Waals surface area contributed by atoms with Crippen LogP contribution >= 0.6 is 0 Å². The van der Waals surface area contributed by atoms with Gasteiger partial charge in [0.25, 0.3) is 0 Å². The third kappa shape index (κ3) is 4.19. The van der Waals surface area contributed by atoms with Gasteiger partial charge in [-0.3, -0.25) is 4.90 Å². The molecule has 4 heteroatoms. The summed E-state index contributed by atoms with van der Waals surface area (Å²) in [4.78, 5) is 2.73. The first-order valence-electron chi connectivity index (χ1n) is 9.03. The van der Waals surface area contributed by atoms with Crippen molar-refractivity contribution >= 4 is 0 Å². The van der Waals surface area contributed by atoms with E-state index < -0.39 is 0 Å². The van der Waals surface area contributed by atoms with Crippen molar-refractivity contribution in [2.24, 2.45) is 0 Å². The first-order chi connectivity index (χ1) is 10.4. The zero-order valence-electron chi connectivity index (χ0n) is 13.4. The Balaban J connectivity index is 1.58. The molecule has 0 aromatic carbocycles. The van der Waals surface area contributed by atoms with Gasteiger partial charge in [0, 0.05) is 44.4 Å². The topological polar surface area (TPSA) is 33.7 Å². The van der Waals surface area contributed by atoms with E-state index in [1.807, 2.05) is 0 Å². The van der Waals surface area contributed by atoms with E-state index in [0.717, 1.165) is 46.1 Å². The molecule has 1 atom stereocenters. The molecule has 0 spiro atoms. The summed E-state index contributed by atoms with van der Waals surface area (Å²) in [6.45, 7) is 7.12. The molecule has 0 aromatic rings. The third-order valence-corrected chi connectivity index (χ3v) is 5.64. The van der Waals surface area contributed by atoms with Crippen LogP contribution in [0.15, 0.2) is 0 Å². The van der Waals surface area contributed by atoms with Crippen LogP contribution in [0.1, 0.15) is 51.4 Å². The molecule has 0 radical (unpaired) electrons. The van der Waals surface area contributed by atoms with Crippen LogP contribution in [0.2, 0.25) is 0 Å². The molecular formula is C17H32N2O2. The summed E-state index contributed by atoms with van der Waals surface area (Å²) in [5.41, 5.74) is 0.398. The molecule has 122 valence electrons. The lowest BCUT2D eigenvalue weighted by Crippen LogP contribution is -2.60. The van der Waals surface area contributed by atoms with Crippen molar-refractivity contribution in [3.05, 3.63) is 0 Å². The fourth-order valence-electron chi connectivity index (χ4n) is 4.29. The van der Waals surface area contributed by atoms with Gasteiger partial charge in [0.05, 0.1) is 13.2 Å².